The molecule has 0 aromatic carbocycles. The molecule has 3 atom stereocenters. The van der Waals surface area contributed by atoms with E-state index in [0.29, 0.717) is 24.1 Å². The van der Waals surface area contributed by atoms with Gasteiger partial charge >= 0.3 is 0 Å². The van der Waals surface area contributed by atoms with Gasteiger partial charge in [0.15, 0.2) is 5.82 Å². The van der Waals surface area contributed by atoms with E-state index in [1.54, 1.807) is 18.3 Å². The van der Waals surface area contributed by atoms with Gasteiger partial charge in [0, 0.05) is 23.9 Å². The number of nitrogens with zero attached hydrogens (tertiary/aromatic N) is 3. The molecular formula is C16H19N3O3S. The fourth-order valence-electron chi connectivity index (χ4n) is 3.46. The van der Waals surface area contributed by atoms with Gasteiger partial charge in [0.1, 0.15) is 6.10 Å². The number of fused-ring (bicyclic) bond motifs is 1. The molecular weight excluding hydrogens is 314 g/mol. The van der Waals surface area contributed by atoms with Crippen LogP contribution in [0.1, 0.15) is 35.5 Å². The van der Waals surface area contributed by atoms with Crippen LogP contribution in [-0.4, -0.2) is 40.1 Å². The number of aryl methyl sites for hydroxylation is 1. The summed E-state index contributed by atoms with van der Waals surface area (Å²) in [6.45, 7) is 3.33. The van der Waals surface area contributed by atoms with E-state index in [1.807, 2.05) is 22.4 Å². The van der Waals surface area contributed by atoms with Gasteiger partial charge in [-0.15, -0.1) is 11.3 Å². The molecule has 1 amide bonds. The summed E-state index contributed by atoms with van der Waals surface area (Å²) >= 11 is 1.63. The summed E-state index contributed by atoms with van der Waals surface area (Å²) in [5.41, 5.74) is 0. The predicted molar refractivity (Wildman–Crippen MR) is 84.0 cm³/mol. The number of carbonyl (C=O) groups excluding carboxylic acids is 1. The molecule has 2 aromatic heterocycles. The minimum Gasteiger partial charge on any atom is -0.365 e. The van der Waals surface area contributed by atoms with E-state index in [4.69, 9.17) is 9.26 Å². The Hall–Kier alpha value is -1.73. The van der Waals surface area contributed by atoms with Crippen LogP contribution in [0.4, 0.5) is 0 Å². The maximum atomic E-state index is 12.5. The Morgan fingerprint density at radius 1 is 1.52 bits per heavy atom. The van der Waals surface area contributed by atoms with Crippen LogP contribution in [0.2, 0.25) is 0 Å². The van der Waals surface area contributed by atoms with E-state index in [9.17, 15) is 4.79 Å². The van der Waals surface area contributed by atoms with Crippen molar-refractivity contribution in [2.75, 3.05) is 13.1 Å². The third-order valence-corrected chi connectivity index (χ3v) is 5.47. The Balaban J connectivity index is 1.38. The number of likely N-dealkylation sites (tertiary alicyclic amines) is 1. The average molecular weight is 333 g/mol. The smallest absolute Gasteiger partial charge is 0.255 e. The van der Waals surface area contributed by atoms with E-state index in [1.165, 1.54) is 0 Å². The van der Waals surface area contributed by atoms with Crippen LogP contribution in [-0.2, 0) is 16.0 Å². The van der Waals surface area contributed by atoms with Gasteiger partial charge < -0.3 is 14.2 Å². The molecule has 0 saturated carbocycles. The van der Waals surface area contributed by atoms with Crippen molar-refractivity contribution >= 4 is 17.2 Å². The number of rotatable bonds is 3. The van der Waals surface area contributed by atoms with Crippen LogP contribution in [0.3, 0.4) is 0 Å². The summed E-state index contributed by atoms with van der Waals surface area (Å²) in [7, 11) is 0. The summed E-state index contributed by atoms with van der Waals surface area (Å²) in [6.07, 6.45) is 2.29. The minimum atomic E-state index is -0.126. The Kier molecular flexibility index (Phi) is 3.90. The van der Waals surface area contributed by atoms with Crippen molar-refractivity contribution in [3.8, 4) is 0 Å². The summed E-state index contributed by atoms with van der Waals surface area (Å²) in [5.74, 6) is 1.76. The minimum absolute atomic E-state index is 0.126. The van der Waals surface area contributed by atoms with Crippen molar-refractivity contribution in [1.29, 1.82) is 0 Å². The molecule has 0 spiro atoms. The van der Waals surface area contributed by atoms with E-state index in [0.717, 1.165) is 30.8 Å². The lowest BCUT2D eigenvalue weighted by atomic mass is 9.92. The lowest BCUT2D eigenvalue weighted by Gasteiger charge is -2.34. The number of amides is 1. The highest BCUT2D eigenvalue weighted by Gasteiger charge is 2.42. The largest absolute Gasteiger partial charge is 0.365 e. The van der Waals surface area contributed by atoms with Crippen LogP contribution >= 0.6 is 11.3 Å². The van der Waals surface area contributed by atoms with Crippen molar-refractivity contribution in [1.82, 2.24) is 15.0 Å². The van der Waals surface area contributed by atoms with Crippen LogP contribution in [0.5, 0.6) is 0 Å². The normalized spacial score (nSPS) is 27.2. The zero-order chi connectivity index (χ0) is 15.8. The first-order chi connectivity index (χ1) is 11.2. The third-order valence-electron chi connectivity index (χ3n) is 4.60. The van der Waals surface area contributed by atoms with E-state index < -0.39 is 0 Å². The molecule has 0 aliphatic carbocycles. The summed E-state index contributed by atoms with van der Waals surface area (Å²) in [6, 6.07) is 4.00. The molecule has 2 aliphatic heterocycles. The Bertz CT molecular complexity index is 685. The molecule has 6 nitrogen and oxygen atoms in total. The van der Waals surface area contributed by atoms with Crippen molar-refractivity contribution in [2.45, 2.75) is 38.4 Å². The third kappa shape index (κ3) is 3.03. The standard InChI is InChI=1S/C16H19N3O3S/c1-10-17-16(22-18-10)14-7-11-9-19(5-4-13(11)21-14)15(20)8-12-3-2-6-23-12/h2-3,6,11,13-14H,4-5,7-9H2,1H3/t11-,13+,14+/m0/s1. The van der Waals surface area contributed by atoms with Crippen molar-refractivity contribution in [2.24, 2.45) is 5.92 Å². The lowest BCUT2D eigenvalue weighted by molar-refractivity contribution is -0.133. The van der Waals surface area contributed by atoms with Gasteiger partial charge in [-0.05, 0) is 31.2 Å². The molecule has 0 radical (unpaired) electrons. The van der Waals surface area contributed by atoms with Crippen LogP contribution < -0.4 is 0 Å². The molecule has 4 rings (SSSR count). The van der Waals surface area contributed by atoms with Gasteiger partial charge in [-0.2, -0.15) is 4.98 Å². The molecule has 122 valence electrons. The molecule has 0 bridgehead atoms. The molecule has 2 aliphatic rings. The van der Waals surface area contributed by atoms with Gasteiger partial charge in [-0.25, -0.2) is 0 Å². The first-order valence-electron chi connectivity index (χ1n) is 7.95. The molecule has 0 unspecified atom stereocenters. The van der Waals surface area contributed by atoms with E-state index in [2.05, 4.69) is 10.1 Å². The van der Waals surface area contributed by atoms with E-state index in [-0.39, 0.29) is 18.1 Å². The van der Waals surface area contributed by atoms with E-state index >= 15 is 0 Å². The molecule has 2 aromatic rings. The summed E-state index contributed by atoms with van der Waals surface area (Å²) in [5, 5.41) is 5.84. The van der Waals surface area contributed by atoms with Gasteiger partial charge in [0.2, 0.25) is 5.91 Å². The van der Waals surface area contributed by atoms with Crippen LogP contribution in [0, 0.1) is 12.8 Å². The monoisotopic (exact) mass is 333 g/mol. The highest BCUT2D eigenvalue weighted by atomic mass is 32.1. The number of piperidine rings is 1. The quantitative estimate of drug-likeness (QED) is 0.862. The second kappa shape index (κ2) is 6.05. The molecule has 2 fully saturated rings. The Morgan fingerprint density at radius 3 is 3.17 bits per heavy atom. The molecule has 23 heavy (non-hydrogen) atoms. The van der Waals surface area contributed by atoms with Gasteiger partial charge in [-0.1, -0.05) is 11.2 Å². The van der Waals surface area contributed by atoms with Crippen molar-refractivity contribution in [3.05, 3.63) is 34.1 Å². The average Bonchev–Trinajstić information content (AvgIpc) is 3.25. The number of aromatic nitrogens is 2. The number of thiophene rings is 1. The second-order valence-electron chi connectivity index (χ2n) is 6.22. The van der Waals surface area contributed by atoms with Gasteiger partial charge in [0.05, 0.1) is 12.5 Å². The number of hydrogen-bond acceptors (Lipinski definition) is 6. The first-order valence-corrected chi connectivity index (χ1v) is 8.83. The summed E-state index contributed by atoms with van der Waals surface area (Å²) < 4.78 is 11.3. The fraction of sp³-hybridized carbons (Fsp3) is 0.562. The number of hydrogen-bond donors (Lipinski definition) is 0. The SMILES string of the molecule is Cc1noc([C@H]2C[C@H]3CN(C(=O)Cc4cccs4)CC[C@H]3O2)n1. The molecule has 7 heteroatoms. The van der Waals surface area contributed by atoms with Gasteiger partial charge in [-0.3, -0.25) is 4.79 Å². The number of ether oxygens (including phenoxy) is 1. The van der Waals surface area contributed by atoms with Crippen molar-refractivity contribution < 1.29 is 14.1 Å². The first kappa shape index (κ1) is 14.8. The highest BCUT2D eigenvalue weighted by Crippen LogP contribution is 2.40. The lowest BCUT2D eigenvalue weighted by Crippen LogP contribution is -2.44. The van der Waals surface area contributed by atoms with Gasteiger partial charge in [0.25, 0.3) is 5.89 Å². The predicted octanol–water partition coefficient (Wildman–Crippen LogP) is 2.36. The fourth-order valence-corrected chi connectivity index (χ4v) is 4.16. The maximum Gasteiger partial charge on any atom is 0.255 e. The highest BCUT2D eigenvalue weighted by molar-refractivity contribution is 7.10. The topological polar surface area (TPSA) is 68.5 Å². The zero-order valence-corrected chi connectivity index (χ0v) is 13.8. The Labute approximate surface area is 138 Å². The summed E-state index contributed by atoms with van der Waals surface area (Å²) in [4.78, 5) is 19.8. The van der Waals surface area contributed by atoms with Crippen LogP contribution in [0.15, 0.2) is 22.0 Å². The Morgan fingerprint density at radius 2 is 2.43 bits per heavy atom. The second-order valence-corrected chi connectivity index (χ2v) is 7.26. The molecule has 4 heterocycles. The number of carbonyl (C=O) groups is 1. The zero-order valence-electron chi connectivity index (χ0n) is 13.0. The molecule has 0 N–H and O–H groups in total. The molecule has 2 saturated heterocycles. The van der Waals surface area contributed by atoms with Crippen molar-refractivity contribution in [3.63, 3.8) is 0 Å². The van der Waals surface area contributed by atoms with Crippen LogP contribution in [0.25, 0.3) is 0 Å². The maximum absolute atomic E-state index is 12.5.